The van der Waals surface area contributed by atoms with E-state index in [0.717, 1.165) is 5.56 Å². The first-order valence-electron chi connectivity index (χ1n) is 11.9. The number of nitrogens with zero attached hydrogens (tertiary/aromatic N) is 3. The highest BCUT2D eigenvalue weighted by molar-refractivity contribution is 8.16. The van der Waals surface area contributed by atoms with E-state index in [4.69, 9.17) is 19.2 Å². The van der Waals surface area contributed by atoms with Crippen LogP contribution in [0.15, 0.2) is 70.1 Å². The molecule has 1 aromatic carbocycles. The third kappa shape index (κ3) is 5.64. The molecule has 2 aliphatic heterocycles. The summed E-state index contributed by atoms with van der Waals surface area (Å²) in [5.41, 5.74) is 3.31. The predicted octanol–water partition coefficient (Wildman–Crippen LogP) is 4.33. The van der Waals surface area contributed by atoms with Crippen LogP contribution in [0.25, 0.3) is 0 Å². The number of aliphatic imine (C=N–C) groups is 1. The molecule has 2 aromatic rings. The van der Waals surface area contributed by atoms with Crippen LogP contribution in [0.2, 0.25) is 0 Å². The lowest BCUT2D eigenvalue weighted by atomic mass is 9.92. The van der Waals surface area contributed by atoms with E-state index >= 15 is 0 Å². The number of thioether (sulfide) groups is 1. The molecule has 1 N–H and O–H groups in total. The monoisotopic (exact) mass is 522 g/mol. The summed E-state index contributed by atoms with van der Waals surface area (Å²) in [6, 6.07) is 8.60. The average Bonchev–Trinajstić information content (AvgIpc) is 3.27. The lowest BCUT2D eigenvalue weighted by Crippen LogP contribution is -2.38. The molecule has 2 aliphatic rings. The number of esters is 1. The number of hydrogen-bond acceptors (Lipinski definition) is 9. The lowest BCUT2D eigenvalue weighted by Gasteiger charge is -2.37. The molecule has 1 aromatic heterocycles. The van der Waals surface area contributed by atoms with Crippen LogP contribution in [-0.4, -0.2) is 47.3 Å². The molecular formula is C27H30N4O5S. The molecule has 0 radical (unpaired) electrons. The zero-order chi connectivity index (χ0) is 26.5. The van der Waals surface area contributed by atoms with E-state index in [1.165, 1.54) is 11.8 Å². The second-order valence-electron chi connectivity index (χ2n) is 8.74. The first-order valence-corrected chi connectivity index (χ1v) is 12.7. The first kappa shape index (κ1) is 26.3. The standard InChI is InChI=1S/C27H30N4O5S/c1-16(2)36-26(33)23-17(3)30-27-31(24(23)20-7-6-8-21(34-4)25(20)35-5)19(15-37-27)13-22(32)29-14-18-9-11-28-12-10-18/h6-12,15-16,24H,13-14H2,1-5H3,(H,29,32)/t24-/m0/s1. The highest BCUT2D eigenvalue weighted by atomic mass is 32.2. The van der Waals surface area contributed by atoms with Crippen molar-refractivity contribution in [3.63, 3.8) is 0 Å². The summed E-state index contributed by atoms with van der Waals surface area (Å²) in [4.78, 5) is 36.9. The van der Waals surface area contributed by atoms with Gasteiger partial charge in [-0.15, -0.1) is 0 Å². The van der Waals surface area contributed by atoms with Gasteiger partial charge in [0.2, 0.25) is 5.91 Å². The van der Waals surface area contributed by atoms with Crippen molar-refractivity contribution in [1.82, 2.24) is 15.2 Å². The molecule has 10 heteroatoms. The van der Waals surface area contributed by atoms with Crippen LogP contribution in [0.1, 0.15) is 44.4 Å². The quantitative estimate of drug-likeness (QED) is 0.486. The normalized spacial score (nSPS) is 16.7. The SMILES string of the molecule is COc1cccc([C@H]2C(C(=O)OC(C)C)=C(C)N=C3SC=C(CC(=O)NCc4ccncc4)N32)c1OC. The van der Waals surface area contributed by atoms with E-state index in [9.17, 15) is 9.59 Å². The summed E-state index contributed by atoms with van der Waals surface area (Å²) in [7, 11) is 3.12. The van der Waals surface area contributed by atoms with Gasteiger partial charge >= 0.3 is 5.97 Å². The van der Waals surface area contributed by atoms with Crippen molar-refractivity contribution in [3.05, 3.63) is 76.2 Å². The zero-order valence-corrected chi connectivity index (χ0v) is 22.3. The number of rotatable bonds is 9. The van der Waals surface area contributed by atoms with Crippen LogP contribution in [0.4, 0.5) is 0 Å². The molecule has 0 spiro atoms. The fourth-order valence-corrected chi connectivity index (χ4v) is 5.22. The number of ether oxygens (including phenoxy) is 3. The fraction of sp³-hybridized carbons (Fsp3) is 0.333. The van der Waals surface area contributed by atoms with Crippen LogP contribution in [0, 0.1) is 0 Å². The Morgan fingerprint density at radius 1 is 1.14 bits per heavy atom. The third-order valence-corrected chi connectivity index (χ3v) is 6.76. The Balaban J connectivity index is 1.70. The molecule has 194 valence electrons. The number of methoxy groups -OCH3 is 2. The molecule has 0 fully saturated rings. The molecule has 0 saturated carbocycles. The van der Waals surface area contributed by atoms with Gasteiger partial charge in [-0.2, -0.15) is 0 Å². The summed E-state index contributed by atoms with van der Waals surface area (Å²) in [6.07, 6.45) is 3.16. The van der Waals surface area contributed by atoms with Gasteiger partial charge in [-0.1, -0.05) is 23.9 Å². The number of benzene rings is 1. The molecule has 3 heterocycles. The fourth-order valence-electron chi connectivity index (χ4n) is 4.26. The maximum absolute atomic E-state index is 13.4. The highest BCUT2D eigenvalue weighted by Crippen LogP contribution is 2.48. The van der Waals surface area contributed by atoms with E-state index < -0.39 is 12.0 Å². The van der Waals surface area contributed by atoms with Gasteiger partial charge in [-0.05, 0) is 49.9 Å². The number of fused-ring (bicyclic) bond motifs is 1. The van der Waals surface area contributed by atoms with Crippen molar-refractivity contribution in [3.8, 4) is 11.5 Å². The van der Waals surface area contributed by atoms with Gasteiger partial charge in [0.1, 0.15) is 0 Å². The van der Waals surface area contributed by atoms with Gasteiger partial charge in [-0.25, -0.2) is 9.79 Å². The summed E-state index contributed by atoms with van der Waals surface area (Å²) in [6.45, 7) is 5.79. The summed E-state index contributed by atoms with van der Waals surface area (Å²) >= 11 is 1.41. The number of amides is 1. The van der Waals surface area contributed by atoms with E-state index in [1.807, 2.05) is 34.6 Å². The van der Waals surface area contributed by atoms with Crippen LogP contribution in [0.3, 0.4) is 0 Å². The summed E-state index contributed by atoms with van der Waals surface area (Å²) in [5, 5.41) is 5.52. The Morgan fingerprint density at radius 2 is 1.89 bits per heavy atom. The Morgan fingerprint density at radius 3 is 2.57 bits per heavy atom. The van der Waals surface area contributed by atoms with E-state index in [2.05, 4.69) is 10.3 Å². The van der Waals surface area contributed by atoms with Crippen molar-refractivity contribution in [2.45, 2.75) is 45.9 Å². The smallest absolute Gasteiger partial charge is 0.338 e. The molecule has 37 heavy (non-hydrogen) atoms. The maximum atomic E-state index is 13.4. The van der Waals surface area contributed by atoms with Crippen LogP contribution < -0.4 is 14.8 Å². The number of carbonyl (C=O) groups is 2. The second-order valence-corrected chi connectivity index (χ2v) is 9.58. The van der Waals surface area contributed by atoms with E-state index in [0.29, 0.717) is 45.7 Å². The largest absolute Gasteiger partial charge is 0.493 e. The van der Waals surface area contributed by atoms with E-state index in [1.54, 1.807) is 53.5 Å². The van der Waals surface area contributed by atoms with Crippen molar-refractivity contribution in [2.24, 2.45) is 4.99 Å². The number of carbonyl (C=O) groups excluding carboxylic acids is 2. The molecule has 9 nitrogen and oxygen atoms in total. The lowest BCUT2D eigenvalue weighted by molar-refractivity contribution is -0.143. The van der Waals surface area contributed by atoms with Gasteiger partial charge in [0.25, 0.3) is 0 Å². The molecular weight excluding hydrogens is 492 g/mol. The number of hydrogen-bond donors (Lipinski definition) is 1. The topological polar surface area (TPSA) is 102 Å². The first-order chi connectivity index (χ1) is 17.8. The van der Waals surface area contributed by atoms with Gasteiger partial charge in [-0.3, -0.25) is 9.78 Å². The minimum Gasteiger partial charge on any atom is -0.493 e. The molecule has 0 aliphatic carbocycles. The minimum atomic E-state index is -0.627. The average molecular weight is 523 g/mol. The number of amidine groups is 1. The predicted molar refractivity (Wildman–Crippen MR) is 142 cm³/mol. The Kier molecular flexibility index (Phi) is 8.17. The number of allylic oxidation sites excluding steroid dienone is 1. The van der Waals surface area contributed by atoms with E-state index in [-0.39, 0.29) is 18.4 Å². The molecule has 0 bridgehead atoms. The number of aromatic nitrogens is 1. The molecule has 0 unspecified atom stereocenters. The molecule has 1 atom stereocenters. The Bertz CT molecular complexity index is 1270. The number of nitrogens with one attached hydrogen (secondary N) is 1. The maximum Gasteiger partial charge on any atom is 0.338 e. The van der Waals surface area contributed by atoms with Crippen LogP contribution in [0.5, 0.6) is 11.5 Å². The van der Waals surface area contributed by atoms with Gasteiger partial charge in [0.05, 0.1) is 44.1 Å². The van der Waals surface area contributed by atoms with Crippen LogP contribution >= 0.6 is 11.8 Å². The zero-order valence-electron chi connectivity index (χ0n) is 21.5. The second kappa shape index (κ2) is 11.5. The van der Waals surface area contributed by atoms with Gasteiger partial charge < -0.3 is 24.4 Å². The number of para-hydroxylation sites is 1. The Labute approximate surface area is 220 Å². The van der Waals surface area contributed by atoms with Crippen molar-refractivity contribution >= 4 is 28.8 Å². The molecule has 1 amide bonds. The van der Waals surface area contributed by atoms with Gasteiger partial charge in [0, 0.05) is 30.2 Å². The number of pyridine rings is 1. The minimum absolute atomic E-state index is 0.103. The summed E-state index contributed by atoms with van der Waals surface area (Å²) < 4.78 is 16.9. The Hall–Kier alpha value is -3.79. The third-order valence-electron chi connectivity index (χ3n) is 5.87. The van der Waals surface area contributed by atoms with Crippen molar-refractivity contribution in [1.29, 1.82) is 0 Å². The van der Waals surface area contributed by atoms with Crippen molar-refractivity contribution in [2.75, 3.05) is 14.2 Å². The highest BCUT2D eigenvalue weighted by Gasteiger charge is 2.43. The molecule has 0 saturated heterocycles. The van der Waals surface area contributed by atoms with Crippen molar-refractivity contribution < 1.29 is 23.8 Å². The summed E-state index contributed by atoms with van der Waals surface area (Å²) in [5.74, 6) is 0.408. The molecule has 4 rings (SSSR count). The van der Waals surface area contributed by atoms with Crippen LogP contribution in [-0.2, 0) is 20.9 Å². The van der Waals surface area contributed by atoms with Gasteiger partial charge in [0.15, 0.2) is 16.7 Å².